The number of allylic oxidation sites excluding steroid dienone is 1. The highest BCUT2D eigenvalue weighted by molar-refractivity contribution is 8.02. The molecule has 0 aliphatic rings. The van der Waals surface area contributed by atoms with Crippen molar-refractivity contribution in [3.63, 3.8) is 0 Å². The third-order valence-electron chi connectivity index (χ3n) is 4.46. The lowest BCUT2D eigenvalue weighted by molar-refractivity contribution is -0.138. The van der Waals surface area contributed by atoms with E-state index in [0.717, 1.165) is 10.5 Å². The van der Waals surface area contributed by atoms with Crippen molar-refractivity contribution in [3.8, 4) is 0 Å². The Morgan fingerprint density at radius 1 is 1.14 bits per heavy atom. The predicted octanol–water partition coefficient (Wildman–Crippen LogP) is 1.88. The molecule has 12 nitrogen and oxygen atoms in total. The first kappa shape index (κ1) is 33.6. The Balaban J connectivity index is 0.00000235. The number of nitrogens with two attached hydrogens (primary N) is 1. The number of benzene rings is 1. The molecule has 13 heteroatoms. The normalized spacial score (nSPS) is 11.3. The standard InChI is InChI=1S/C22H31N3O6S.C2H5NO2/c1-5-10-32-18-12-16(7-6-15(18)4)25(31)20(27)9-8-17(22(30)23-13-21(28)29)24-19(26)11-14(2)3;3-1-2(4)5/h5-7,10,12,14,17,31H,8-9,11,13H2,1-4H3,(H,23,30)(H,24,26)(H,28,29);1,3H2,(H,4,5)/b10-5-;. The number of carbonyl (C=O) groups excluding carboxylic acids is 3. The summed E-state index contributed by atoms with van der Waals surface area (Å²) in [6.07, 6.45) is 1.71. The van der Waals surface area contributed by atoms with Crippen molar-refractivity contribution in [2.45, 2.75) is 57.9 Å². The molecule has 1 rings (SSSR count). The van der Waals surface area contributed by atoms with Gasteiger partial charge in [-0.3, -0.25) is 29.2 Å². The van der Waals surface area contributed by atoms with Gasteiger partial charge in [-0.2, -0.15) is 5.06 Å². The van der Waals surface area contributed by atoms with E-state index < -0.39 is 36.3 Å². The maximum atomic E-state index is 12.5. The number of amides is 3. The zero-order chi connectivity index (χ0) is 28.5. The summed E-state index contributed by atoms with van der Waals surface area (Å²) in [5.74, 6) is -3.89. The number of carbonyl (C=O) groups is 5. The SMILES string of the molecule is C/C=C\Sc1cc(N(O)C(=O)CCC(NC(=O)CC(C)C)C(=O)NCC(=O)O)ccc1C.NCC(=O)O. The maximum Gasteiger partial charge on any atom is 0.322 e. The molecule has 3 amide bonds. The molecule has 0 aliphatic heterocycles. The van der Waals surface area contributed by atoms with E-state index in [-0.39, 0.29) is 43.3 Å². The molecule has 1 unspecified atom stereocenters. The van der Waals surface area contributed by atoms with Gasteiger partial charge in [0, 0.05) is 17.7 Å². The maximum absolute atomic E-state index is 12.5. The van der Waals surface area contributed by atoms with Gasteiger partial charge in [-0.15, -0.1) is 0 Å². The summed E-state index contributed by atoms with van der Waals surface area (Å²) in [7, 11) is 0. The van der Waals surface area contributed by atoms with Crippen LogP contribution in [0.2, 0.25) is 0 Å². The highest BCUT2D eigenvalue weighted by Gasteiger charge is 2.24. The van der Waals surface area contributed by atoms with Gasteiger partial charge >= 0.3 is 11.9 Å². The lowest BCUT2D eigenvalue weighted by Crippen LogP contribution is -2.48. The summed E-state index contributed by atoms with van der Waals surface area (Å²) < 4.78 is 0. The first-order valence-corrected chi connectivity index (χ1v) is 12.3. The number of thioether (sulfide) groups is 1. The van der Waals surface area contributed by atoms with E-state index in [0.29, 0.717) is 5.06 Å². The number of aryl methyl sites for hydroxylation is 1. The first-order chi connectivity index (χ1) is 17.3. The molecule has 0 fully saturated rings. The number of rotatable bonds is 13. The second-order valence-corrected chi connectivity index (χ2v) is 9.16. The Morgan fingerprint density at radius 3 is 2.27 bits per heavy atom. The number of hydroxylamine groups is 1. The monoisotopic (exact) mass is 540 g/mol. The van der Waals surface area contributed by atoms with Crippen molar-refractivity contribution in [2.75, 3.05) is 18.2 Å². The van der Waals surface area contributed by atoms with Crippen LogP contribution in [0.3, 0.4) is 0 Å². The van der Waals surface area contributed by atoms with E-state index in [1.807, 2.05) is 39.2 Å². The Bertz CT molecular complexity index is 968. The molecule has 1 aromatic rings. The van der Waals surface area contributed by atoms with Crippen molar-refractivity contribution in [2.24, 2.45) is 11.7 Å². The fraction of sp³-hybridized carbons (Fsp3) is 0.458. The second-order valence-electron chi connectivity index (χ2n) is 8.21. The van der Waals surface area contributed by atoms with Crippen LogP contribution in [-0.2, 0) is 24.0 Å². The summed E-state index contributed by atoms with van der Waals surface area (Å²) in [6, 6.07) is 3.97. The summed E-state index contributed by atoms with van der Waals surface area (Å²) in [4.78, 5) is 57.8. The molecule has 7 N–H and O–H groups in total. The summed E-state index contributed by atoms with van der Waals surface area (Å²) in [5.41, 5.74) is 5.84. The number of hydrogen-bond donors (Lipinski definition) is 6. The third-order valence-corrected chi connectivity index (χ3v) is 5.57. The average Bonchev–Trinajstić information content (AvgIpc) is 2.83. The molecule has 0 saturated heterocycles. The van der Waals surface area contributed by atoms with Crippen LogP contribution in [0.1, 0.15) is 45.6 Å². The molecule has 0 spiro atoms. The topological polar surface area (TPSA) is 199 Å². The fourth-order valence-electron chi connectivity index (χ4n) is 2.69. The van der Waals surface area contributed by atoms with Crippen LogP contribution < -0.4 is 21.4 Å². The van der Waals surface area contributed by atoms with E-state index in [2.05, 4.69) is 16.4 Å². The zero-order valence-electron chi connectivity index (χ0n) is 21.4. The molecule has 1 atom stereocenters. The third kappa shape index (κ3) is 14.7. The smallest absolute Gasteiger partial charge is 0.322 e. The number of nitrogens with one attached hydrogen (secondary N) is 2. The highest BCUT2D eigenvalue weighted by Crippen LogP contribution is 2.28. The molecule has 0 bridgehead atoms. The quantitative estimate of drug-likeness (QED) is 0.122. The molecule has 206 valence electrons. The number of carboxylic acids is 2. The van der Waals surface area contributed by atoms with Gasteiger partial charge in [0.15, 0.2) is 0 Å². The minimum atomic E-state index is -1.23. The Labute approximate surface area is 220 Å². The van der Waals surface area contributed by atoms with E-state index in [9.17, 15) is 29.2 Å². The van der Waals surface area contributed by atoms with Crippen LogP contribution in [0.4, 0.5) is 5.69 Å². The Morgan fingerprint density at radius 2 is 1.76 bits per heavy atom. The van der Waals surface area contributed by atoms with Crippen molar-refractivity contribution >= 4 is 47.1 Å². The molecule has 0 radical (unpaired) electrons. The molecule has 0 aromatic heterocycles. The van der Waals surface area contributed by atoms with Gasteiger partial charge in [0.2, 0.25) is 11.8 Å². The van der Waals surface area contributed by atoms with Gasteiger partial charge in [0.05, 0.1) is 12.2 Å². The second kappa shape index (κ2) is 17.9. The Kier molecular flexibility index (Phi) is 16.3. The average molecular weight is 541 g/mol. The lowest BCUT2D eigenvalue weighted by atomic mass is 10.1. The molecule has 1 aromatic carbocycles. The van der Waals surface area contributed by atoms with Gasteiger partial charge in [-0.25, -0.2) is 0 Å². The van der Waals surface area contributed by atoms with Crippen LogP contribution >= 0.6 is 11.8 Å². The highest BCUT2D eigenvalue weighted by atomic mass is 32.2. The number of anilines is 1. The van der Waals surface area contributed by atoms with E-state index in [1.54, 1.807) is 18.2 Å². The zero-order valence-corrected chi connectivity index (χ0v) is 22.2. The minimum absolute atomic E-state index is 0.0588. The van der Waals surface area contributed by atoms with Gasteiger partial charge in [-0.1, -0.05) is 37.8 Å². The molecule has 0 heterocycles. The summed E-state index contributed by atoms with van der Waals surface area (Å²) in [5, 5.41) is 33.8. The summed E-state index contributed by atoms with van der Waals surface area (Å²) >= 11 is 1.45. The van der Waals surface area contributed by atoms with Gasteiger partial charge in [0.25, 0.3) is 5.91 Å². The van der Waals surface area contributed by atoms with E-state index in [1.165, 1.54) is 11.8 Å². The van der Waals surface area contributed by atoms with E-state index >= 15 is 0 Å². The first-order valence-electron chi connectivity index (χ1n) is 11.4. The van der Waals surface area contributed by atoms with Crippen LogP contribution in [0.15, 0.2) is 34.6 Å². The van der Waals surface area contributed by atoms with Crippen molar-refractivity contribution in [1.29, 1.82) is 0 Å². The van der Waals surface area contributed by atoms with Gasteiger partial charge in [0.1, 0.15) is 12.6 Å². The Hall–Kier alpha value is -3.42. The van der Waals surface area contributed by atoms with Crippen molar-refractivity contribution < 1.29 is 39.4 Å². The number of carboxylic acid groups (broad SMARTS) is 2. The molecule has 37 heavy (non-hydrogen) atoms. The van der Waals surface area contributed by atoms with Crippen LogP contribution in [0.25, 0.3) is 0 Å². The fourth-order valence-corrected chi connectivity index (χ4v) is 3.41. The number of hydrogen-bond acceptors (Lipinski definition) is 8. The molecule has 0 aliphatic carbocycles. The molecular formula is C24H36N4O8S. The summed E-state index contributed by atoms with van der Waals surface area (Å²) in [6.45, 7) is 6.61. The number of aliphatic carboxylic acids is 2. The van der Waals surface area contributed by atoms with Gasteiger partial charge in [-0.05, 0) is 49.3 Å². The van der Waals surface area contributed by atoms with Crippen LogP contribution in [0.5, 0.6) is 0 Å². The molecular weight excluding hydrogens is 504 g/mol. The predicted molar refractivity (Wildman–Crippen MR) is 139 cm³/mol. The van der Waals surface area contributed by atoms with Crippen molar-refractivity contribution in [1.82, 2.24) is 10.6 Å². The van der Waals surface area contributed by atoms with E-state index in [4.69, 9.17) is 10.2 Å². The van der Waals surface area contributed by atoms with Crippen LogP contribution in [-0.4, -0.2) is 64.2 Å². The van der Waals surface area contributed by atoms with Crippen LogP contribution in [0, 0.1) is 12.8 Å². The molecule has 0 saturated carbocycles. The lowest BCUT2D eigenvalue weighted by Gasteiger charge is -2.20. The largest absolute Gasteiger partial charge is 0.480 e. The van der Waals surface area contributed by atoms with Gasteiger partial charge < -0.3 is 26.6 Å². The minimum Gasteiger partial charge on any atom is -0.480 e. The van der Waals surface area contributed by atoms with Crippen molar-refractivity contribution in [3.05, 3.63) is 35.2 Å². The number of nitrogens with zero attached hydrogens (tertiary/aromatic N) is 1.